The lowest BCUT2D eigenvalue weighted by Crippen LogP contribution is -2.26. The summed E-state index contributed by atoms with van der Waals surface area (Å²) in [5, 5.41) is 3.72. The minimum absolute atomic E-state index is 0.0383. The molecule has 0 bridgehead atoms. The number of para-hydroxylation sites is 1. The number of hydrogen-bond acceptors (Lipinski definition) is 4. The van der Waals surface area contributed by atoms with Crippen molar-refractivity contribution < 1.29 is 13.9 Å². The molecule has 2 rings (SSSR count). The van der Waals surface area contributed by atoms with Crippen molar-refractivity contribution in [1.29, 1.82) is 0 Å². The Morgan fingerprint density at radius 2 is 1.92 bits per heavy atom. The molecule has 6 heteroatoms. The fraction of sp³-hybridized carbons (Fsp3) is 0.368. The Bertz CT molecular complexity index is 675. The summed E-state index contributed by atoms with van der Waals surface area (Å²) >= 11 is 6.07. The minimum Gasteiger partial charge on any atom is -0.493 e. The van der Waals surface area contributed by atoms with Crippen molar-refractivity contribution in [3.8, 4) is 11.5 Å². The van der Waals surface area contributed by atoms with Gasteiger partial charge in [-0.1, -0.05) is 29.8 Å². The number of halogens is 2. The number of benzene rings is 2. The topological polar surface area (TPSA) is 33.7 Å². The van der Waals surface area contributed by atoms with Crippen LogP contribution in [0.5, 0.6) is 11.5 Å². The van der Waals surface area contributed by atoms with E-state index in [0.29, 0.717) is 28.6 Å². The Hall–Kier alpha value is -1.82. The third-order valence-corrected chi connectivity index (χ3v) is 4.11. The molecule has 0 heterocycles. The summed E-state index contributed by atoms with van der Waals surface area (Å²) in [4.78, 5) is 2.11. The largest absolute Gasteiger partial charge is 0.493 e. The van der Waals surface area contributed by atoms with Crippen LogP contribution in [-0.4, -0.2) is 39.2 Å². The van der Waals surface area contributed by atoms with E-state index < -0.39 is 0 Å². The first kappa shape index (κ1) is 19.5. The van der Waals surface area contributed by atoms with Crippen molar-refractivity contribution in [2.75, 3.05) is 34.3 Å². The number of methoxy groups -OCH3 is 1. The van der Waals surface area contributed by atoms with E-state index in [9.17, 15) is 4.39 Å². The van der Waals surface area contributed by atoms with Crippen LogP contribution in [0.2, 0.25) is 5.02 Å². The molecule has 136 valence electrons. The van der Waals surface area contributed by atoms with Crippen LogP contribution in [0.1, 0.15) is 11.1 Å². The fourth-order valence-corrected chi connectivity index (χ4v) is 2.58. The van der Waals surface area contributed by atoms with Gasteiger partial charge in [-0.3, -0.25) is 0 Å². The molecule has 0 aliphatic heterocycles. The summed E-state index contributed by atoms with van der Waals surface area (Å²) in [6.07, 6.45) is 0. The molecule has 0 radical (unpaired) electrons. The molecule has 0 aliphatic rings. The highest BCUT2D eigenvalue weighted by Gasteiger charge is 2.13. The zero-order chi connectivity index (χ0) is 18.2. The predicted molar refractivity (Wildman–Crippen MR) is 99.0 cm³/mol. The van der Waals surface area contributed by atoms with Gasteiger partial charge in [0.1, 0.15) is 12.4 Å². The van der Waals surface area contributed by atoms with Gasteiger partial charge in [-0.25, -0.2) is 4.39 Å². The maximum absolute atomic E-state index is 13.9. The summed E-state index contributed by atoms with van der Waals surface area (Å²) in [5.74, 6) is 0.828. The van der Waals surface area contributed by atoms with Crippen molar-refractivity contribution in [1.82, 2.24) is 10.2 Å². The number of nitrogens with zero attached hydrogens (tertiary/aromatic N) is 1. The third-order valence-electron chi connectivity index (χ3n) is 3.75. The molecule has 2 aromatic carbocycles. The number of rotatable bonds is 9. The number of likely N-dealkylation sites (N-methyl/N-ethyl adjacent to an activating group) is 1. The van der Waals surface area contributed by atoms with Gasteiger partial charge in [0.15, 0.2) is 11.5 Å². The Kier molecular flexibility index (Phi) is 7.50. The van der Waals surface area contributed by atoms with E-state index in [4.69, 9.17) is 21.1 Å². The van der Waals surface area contributed by atoms with Crippen LogP contribution in [0.3, 0.4) is 0 Å². The van der Waals surface area contributed by atoms with E-state index in [1.165, 1.54) is 6.07 Å². The summed E-state index contributed by atoms with van der Waals surface area (Å²) < 4.78 is 25.2. The second-order valence-electron chi connectivity index (χ2n) is 5.92. The van der Waals surface area contributed by atoms with E-state index >= 15 is 0 Å². The Morgan fingerprint density at radius 1 is 1.16 bits per heavy atom. The maximum atomic E-state index is 13.9. The van der Waals surface area contributed by atoms with Gasteiger partial charge >= 0.3 is 0 Å². The van der Waals surface area contributed by atoms with Crippen LogP contribution >= 0.6 is 11.6 Å². The van der Waals surface area contributed by atoms with Gasteiger partial charge in [-0.15, -0.1) is 0 Å². The first-order valence-corrected chi connectivity index (χ1v) is 8.47. The second kappa shape index (κ2) is 9.61. The van der Waals surface area contributed by atoms with Gasteiger partial charge in [0.25, 0.3) is 0 Å². The number of nitrogens with one attached hydrogen (secondary N) is 1. The molecule has 0 atom stereocenters. The fourth-order valence-electron chi connectivity index (χ4n) is 2.37. The smallest absolute Gasteiger partial charge is 0.166 e. The molecule has 0 aliphatic carbocycles. The highest BCUT2D eigenvalue weighted by atomic mass is 35.5. The van der Waals surface area contributed by atoms with Crippen LogP contribution in [-0.2, 0) is 13.2 Å². The van der Waals surface area contributed by atoms with Gasteiger partial charge in [0.2, 0.25) is 0 Å². The number of ether oxygens (including phenoxy) is 2. The highest BCUT2D eigenvalue weighted by Crippen LogP contribution is 2.32. The molecule has 0 spiro atoms. The molecule has 4 nitrogen and oxygen atoms in total. The van der Waals surface area contributed by atoms with Gasteiger partial charge in [0.05, 0.1) is 12.1 Å². The van der Waals surface area contributed by atoms with Crippen LogP contribution in [0.25, 0.3) is 0 Å². The first-order valence-electron chi connectivity index (χ1n) is 8.10. The Labute approximate surface area is 153 Å². The average Bonchev–Trinajstić information content (AvgIpc) is 2.58. The summed E-state index contributed by atoms with van der Waals surface area (Å²) in [6.45, 7) is 2.45. The van der Waals surface area contributed by atoms with Crippen molar-refractivity contribution >= 4 is 11.6 Å². The van der Waals surface area contributed by atoms with E-state index in [1.807, 2.05) is 32.3 Å². The van der Waals surface area contributed by atoms with Gasteiger partial charge in [0, 0.05) is 30.8 Å². The number of hydrogen-bond donors (Lipinski definition) is 1. The highest BCUT2D eigenvalue weighted by molar-refractivity contribution is 6.31. The van der Waals surface area contributed by atoms with Crippen molar-refractivity contribution in [2.24, 2.45) is 0 Å². The summed E-state index contributed by atoms with van der Waals surface area (Å²) in [6, 6.07) is 10.3. The van der Waals surface area contributed by atoms with Crippen molar-refractivity contribution in [2.45, 2.75) is 13.2 Å². The van der Waals surface area contributed by atoms with Gasteiger partial charge in [-0.05, 0) is 32.3 Å². The standard InChI is InChI=1S/C19H24ClFN2O2/c1-23(2)11-10-22-12-14-6-4-9-18(24-3)19(14)25-13-15-16(20)7-5-8-17(15)21/h4-9,22H,10-13H2,1-3H3. The van der Waals surface area contributed by atoms with E-state index in [2.05, 4.69) is 10.2 Å². The average molecular weight is 367 g/mol. The normalized spacial score (nSPS) is 11.0. The Morgan fingerprint density at radius 3 is 2.60 bits per heavy atom. The molecule has 0 unspecified atom stereocenters. The quantitative estimate of drug-likeness (QED) is 0.686. The minimum atomic E-state index is -0.381. The third kappa shape index (κ3) is 5.59. The predicted octanol–water partition coefficient (Wildman–Crippen LogP) is 3.72. The van der Waals surface area contributed by atoms with Gasteiger partial charge < -0.3 is 19.7 Å². The second-order valence-corrected chi connectivity index (χ2v) is 6.32. The SMILES string of the molecule is COc1cccc(CNCCN(C)C)c1OCc1c(F)cccc1Cl. The lowest BCUT2D eigenvalue weighted by atomic mass is 10.1. The molecule has 0 amide bonds. The van der Waals surface area contributed by atoms with E-state index in [-0.39, 0.29) is 12.4 Å². The molecular weight excluding hydrogens is 343 g/mol. The molecule has 0 saturated heterocycles. The first-order chi connectivity index (χ1) is 12.0. The molecule has 0 aromatic heterocycles. The Balaban J connectivity index is 2.12. The summed E-state index contributed by atoms with van der Waals surface area (Å²) in [7, 11) is 5.64. The zero-order valence-corrected chi connectivity index (χ0v) is 15.6. The summed E-state index contributed by atoms with van der Waals surface area (Å²) in [5.41, 5.74) is 1.28. The zero-order valence-electron chi connectivity index (χ0n) is 14.8. The molecular formula is C19H24ClFN2O2. The molecule has 0 saturated carbocycles. The molecule has 1 N–H and O–H groups in total. The molecule has 2 aromatic rings. The van der Waals surface area contributed by atoms with Crippen LogP contribution in [0, 0.1) is 5.82 Å². The molecule has 25 heavy (non-hydrogen) atoms. The molecule has 0 fully saturated rings. The van der Waals surface area contributed by atoms with Gasteiger partial charge in [-0.2, -0.15) is 0 Å². The van der Waals surface area contributed by atoms with Crippen molar-refractivity contribution in [3.05, 3.63) is 58.4 Å². The van der Waals surface area contributed by atoms with Crippen LogP contribution in [0.15, 0.2) is 36.4 Å². The maximum Gasteiger partial charge on any atom is 0.166 e. The van der Waals surface area contributed by atoms with Crippen LogP contribution < -0.4 is 14.8 Å². The lowest BCUT2D eigenvalue weighted by Gasteiger charge is -2.17. The van der Waals surface area contributed by atoms with Crippen LogP contribution in [0.4, 0.5) is 4.39 Å². The van der Waals surface area contributed by atoms with Crippen molar-refractivity contribution in [3.63, 3.8) is 0 Å². The van der Waals surface area contributed by atoms with E-state index in [0.717, 1.165) is 18.7 Å². The monoisotopic (exact) mass is 366 g/mol. The van der Waals surface area contributed by atoms with E-state index in [1.54, 1.807) is 19.2 Å². The lowest BCUT2D eigenvalue weighted by molar-refractivity contribution is 0.276.